The minimum Gasteiger partial charge on any atom is -0.321 e. The predicted octanol–water partition coefficient (Wildman–Crippen LogP) is 3.27. The molecule has 1 N–H and O–H groups in total. The third-order valence-electron chi connectivity index (χ3n) is 3.90. The van der Waals surface area contributed by atoms with E-state index in [0.717, 1.165) is 23.5 Å². The Morgan fingerprint density at radius 3 is 2.63 bits per heavy atom. The molecule has 0 bridgehead atoms. The first-order valence-corrected chi connectivity index (χ1v) is 8.10. The lowest BCUT2D eigenvalue weighted by atomic mass is 10.1. The van der Waals surface area contributed by atoms with E-state index in [0.29, 0.717) is 18.5 Å². The largest absolute Gasteiger partial charge is 0.433 e. The van der Waals surface area contributed by atoms with E-state index in [1.807, 2.05) is 17.7 Å². The number of hydrogen-bond donors (Lipinski definition) is 1. The monoisotopic (exact) mass is 375 g/mol. The quantitative estimate of drug-likeness (QED) is 0.743. The summed E-state index contributed by atoms with van der Waals surface area (Å²) in [5.74, 6) is 0.129. The van der Waals surface area contributed by atoms with Crippen molar-refractivity contribution < 1.29 is 18.0 Å². The predicted molar refractivity (Wildman–Crippen MR) is 92.0 cm³/mol. The highest BCUT2D eigenvalue weighted by atomic mass is 19.4. The molecule has 0 aliphatic carbocycles. The van der Waals surface area contributed by atoms with E-state index in [1.165, 1.54) is 6.07 Å². The summed E-state index contributed by atoms with van der Waals surface area (Å²) in [6.45, 7) is 0. The molecule has 0 atom stereocenters. The number of carbonyl (C=O) groups excluding carboxylic acids is 1. The third-order valence-corrected chi connectivity index (χ3v) is 3.90. The maximum absolute atomic E-state index is 12.7. The van der Waals surface area contributed by atoms with Gasteiger partial charge in [0.05, 0.1) is 0 Å². The number of anilines is 1. The van der Waals surface area contributed by atoms with Crippen molar-refractivity contribution >= 4 is 11.6 Å². The van der Waals surface area contributed by atoms with Gasteiger partial charge in [-0.05, 0) is 36.2 Å². The SMILES string of the molecule is Cn1cnnc1CCc1cccc(NC(=O)c2cccc(C(F)(F)F)n2)c1. The summed E-state index contributed by atoms with van der Waals surface area (Å²) < 4.78 is 40.0. The van der Waals surface area contributed by atoms with Gasteiger partial charge in [0, 0.05) is 19.2 Å². The molecule has 6 nitrogen and oxygen atoms in total. The second-order valence-corrected chi connectivity index (χ2v) is 5.92. The van der Waals surface area contributed by atoms with Crippen LogP contribution in [0.1, 0.15) is 27.6 Å². The molecule has 0 saturated carbocycles. The average molecular weight is 375 g/mol. The van der Waals surface area contributed by atoms with Crippen LogP contribution in [0.3, 0.4) is 0 Å². The number of amides is 1. The maximum atomic E-state index is 12.7. The van der Waals surface area contributed by atoms with Crippen LogP contribution in [0.2, 0.25) is 0 Å². The Morgan fingerprint density at radius 2 is 1.93 bits per heavy atom. The van der Waals surface area contributed by atoms with E-state index < -0.39 is 17.8 Å². The first kappa shape index (κ1) is 18.6. The van der Waals surface area contributed by atoms with E-state index in [2.05, 4.69) is 20.5 Å². The molecule has 0 radical (unpaired) electrons. The number of carbonyl (C=O) groups is 1. The number of halogens is 3. The number of hydrogen-bond acceptors (Lipinski definition) is 4. The summed E-state index contributed by atoms with van der Waals surface area (Å²) >= 11 is 0. The normalized spacial score (nSPS) is 11.4. The summed E-state index contributed by atoms with van der Waals surface area (Å²) in [4.78, 5) is 15.6. The number of aromatic nitrogens is 4. The zero-order valence-electron chi connectivity index (χ0n) is 14.4. The maximum Gasteiger partial charge on any atom is 0.433 e. The van der Waals surface area contributed by atoms with Crippen LogP contribution in [0.25, 0.3) is 0 Å². The van der Waals surface area contributed by atoms with Gasteiger partial charge in [-0.1, -0.05) is 18.2 Å². The molecule has 0 saturated heterocycles. The lowest BCUT2D eigenvalue weighted by molar-refractivity contribution is -0.141. The molecule has 3 aromatic rings. The number of nitrogens with zero attached hydrogens (tertiary/aromatic N) is 4. The standard InChI is InChI=1S/C18H16F3N5O/c1-26-11-22-25-16(26)9-8-12-4-2-5-13(10-12)23-17(27)14-6-3-7-15(24-14)18(19,20)21/h2-7,10-11H,8-9H2,1H3,(H,23,27). The van der Waals surface area contributed by atoms with Crippen molar-refractivity contribution in [3.05, 3.63) is 71.6 Å². The van der Waals surface area contributed by atoms with Crippen LogP contribution in [0.15, 0.2) is 48.8 Å². The van der Waals surface area contributed by atoms with E-state index in [4.69, 9.17) is 0 Å². The second kappa shape index (κ2) is 7.56. The highest BCUT2D eigenvalue weighted by Gasteiger charge is 2.32. The van der Waals surface area contributed by atoms with E-state index in [1.54, 1.807) is 24.5 Å². The summed E-state index contributed by atoms with van der Waals surface area (Å²) in [5, 5.41) is 10.4. The molecule has 2 aromatic heterocycles. The van der Waals surface area contributed by atoms with E-state index in [9.17, 15) is 18.0 Å². The molecule has 0 unspecified atom stereocenters. The second-order valence-electron chi connectivity index (χ2n) is 5.92. The number of aryl methyl sites for hydroxylation is 3. The van der Waals surface area contributed by atoms with Crippen molar-refractivity contribution in [3.8, 4) is 0 Å². The third kappa shape index (κ3) is 4.69. The molecule has 0 aliphatic heterocycles. The number of pyridine rings is 1. The van der Waals surface area contributed by atoms with Crippen molar-refractivity contribution in [2.45, 2.75) is 19.0 Å². The topological polar surface area (TPSA) is 72.7 Å². The molecule has 0 fully saturated rings. The Hall–Kier alpha value is -3.23. The van der Waals surface area contributed by atoms with Crippen LogP contribution in [0.5, 0.6) is 0 Å². The number of rotatable bonds is 5. The number of nitrogens with one attached hydrogen (secondary N) is 1. The Kier molecular flexibility index (Phi) is 5.20. The van der Waals surface area contributed by atoms with Gasteiger partial charge in [-0.3, -0.25) is 4.79 Å². The summed E-state index contributed by atoms with van der Waals surface area (Å²) in [7, 11) is 1.86. The molecule has 9 heteroatoms. The molecule has 1 amide bonds. The van der Waals surface area contributed by atoms with E-state index >= 15 is 0 Å². The summed E-state index contributed by atoms with van der Waals surface area (Å²) in [6.07, 6.45) is -1.63. The fourth-order valence-electron chi connectivity index (χ4n) is 2.51. The molecular weight excluding hydrogens is 359 g/mol. The minimum absolute atomic E-state index is 0.297. The van der Waals surface area contributed by atoms with E-state index in [-0.39, 0.29) is 5.69 Å². The number of benzene rings is 1. The highest BCUT2D eigenvalue weighted by molar-refractivity contribution is 6.02. The average Bonchev–Trinajstić information content (AvgIpc) is 3.04. The van der Waals surface area contributed by atoms with Crippen LogP contribution >= 0.6 is 0 Å². The zero-order chi connectivity index (χ0) is 19.4. The Morgan fingerprint density at radius 1 is 1.15 bits per heavy atom. The Bertz CT molecular complexity index is 952. The first-order valence-electron chi connectivity index (χ1n) is 8.10. The Balaban J connectivity index is 1.69. The Labute approximate surface area is 153 Å². The fraction of sp³-hybridized carbons (Fsp3) is 0.222. The van der Waals surface area contributed by atoms with Gasteiger partial charge in [0.15, 0.2) is 0 Å². The molecule has 3 rings (SSSR count). The minimum atomic E-state index is -4.60. The van der Waals surface area contributed by atoms with Gasteiger partial charge in [0.25, 0.3) is 5.91 Å². The van der Waals surface area contributed by atoms with Crippen molar-refractivity contribution in [1.29, 1.82) is 0 Å². The van der Waals surface area contributed by atoms with Gasteiger partial charge >= 0.3 is 6.18 Å². The van der Waals surface area contributed by atoms with Crippen molar-refractivity contribution in [3.63, 3.8) is 0 Å². The molecule has 0 aliphatic rings. The van der Waals surface area contributed by atoms with Crippen LogP contribution < -0.4 is 5.32 Å². The van der Waals surface area contributed by atoms with Gasteiger partial charge < -0.3 is 9.88 Å². The highest BCUT2D eigenvalue weighted by Crippen LogP contribution is 2.27. The van der Waals surface area contributed by atoms with Gasteiger partial charge in [-0.15, -0.1) is 10.2 Å². The van der Waals surface area contributed by atoms with Crippen molar-refractivity contribution in [2.24, 2.45) is 7.05 Å². The molecule has 27 heavy (non-hydrogen) atoms. The van der Waals surface area contributed by atoms with Gasteiger partial charge in [0.2, 0.25) is 0 Å². The molecule has 0 spiro atoms. The van der Waals surface area contributed by atoms with Crippen LogP contribution in [0, 0.1) is 0 Å². The van der Waals surface area contributed by atoms with Crippen molar-refractivity contribution in [1.82, 2.24) is 19.7 Å². The van der Waals surface area contributed by atoms with Crippen molar-refractivity contribution in [2.75, 3.05) is 5.32 Å². The smallest absolute Gasteiger partial charge is 0.321 e. The van der Waals surface area contributed by atoms with Gasteiger partial charge in [-0.25, -0.2) is 4.98 Å². The fourth-order valence-corrected chi connectivity index (χ4v) is 2.51. The van der Waals surface area contributed by atoms with Crippen LogP contribution in [0.4, 0.5) is 18.9 Å². The first-order chi connectivity index (χ1) is 12.8. The van der Waals surface area contributed by atoms with Gasteiger partial charge in [-0.2, -0.15) is 13.2 Å². The van der Waals surface area contributed by atoms with Crippen LogP contribution in [-0.4, -0.2) is 25.7 Å². The number of alkyl halides is 3. The molecule has 140 valence electrons. The lowest BCUT2D eigenvalue weighted by Crippen LogP contribution is -2.17. The molecular formula is C18H16F3N5O. The molecule has 1 aromatic carbocycles. The van der Waals surface area contributed by atoms with Gasteiger partial charge in [0.1, 0.15) is 23.5 Å². The van der Waals surface area contributed by atoms with Crippen LogP contribution in [-0.2, 0) is 26.1 Å². The summed E-state index contributed by atoms with van der Waals surface area (Å²) in [5.41, 5.74) is 0.0318. The molecule has 2 heterocycles. The summed E-state index contributed by atoms with van der Waals surface area (Å²) in [6, 6.07) is 10.3. The zero-order valence-corrected chi connectivity index (χ0v) is 14.4. The lowest BCUT2D eigenvalue weighted by Gasteiger charge is -2.09.